The lowest BCUT2D eigenvalue weighted by Crippen LogP contribution is -1.93. The lowest BCUT2D eigenvalue weighted by atomic mass is 10.1. The van der Waals surface area contributed by atoms with Crippen LogP contribution in [0.15, 0.2) is 66.9 Å². The Morgan fingerprint density at radius 3 is 2.11 bits per heavy atom. The molecule has 0 amide bonds. The summed E-state index contributed by atoms with van der Waals surface area (Å²) in [6.07, 6.45) is 0. The first-order valence-electron chi connectivity index (χ1n) is 6.34. The van der Waals surface area contributed by atoms with Crippen LogP contribution in [0.1, 0.15) is 20.8 Å². The molecule has 94 valence electrons. The van der Waals surface area contributed by atoms with Crippen LogP contribution >= 0.6 is 0 Å². The molecule has 0 unspecified atom stereocenters. The standard InChI is InChI=1S/C15H15N.C2H6/c1-12(2)16-15-10-6-9-14(11-15)13-7-4-3-5-8-13;1-2/h3-11,16H,1H2,2H3;1-2H3. The van der Waals surface area contributed by atoms with Crippen molar-refractivity contribution in [3.8, 4) is 11.1 Å². The summed E-state index contributed by atoms with van der Waals surface area (Å²) in [6, 6.07) is 18.7. The minimum Gasteiger partial charge on any atom is -0.360 e. The second-order valence-electron chi connectivity index (χ2n) is 3.85. The predicted octanol–water partition coefficient (Wildman–Crippen LogP) is 5.33. The average molecular weight is 239 g/mol. The molecule has 0 radical (unpaired) electrons. The van der Waals surface area contributed by atoms with Gasteiger partial charge in [-0.15, -0.1) is 0 Å². The molecule has 1 N–H and O–H groups in total. The lowest BCUT2D eigenvalue weighted by molar-refractivity contribution is 1.40. The van der Waals surface area contributed by atoms with Crippen molar-refractivity contribution in [2.45, 2.75) is 20.8 Å². The number of benzene rings is 2. The molecule has 0 fully saturated rings. The zero-order valence-corrected chi connectivity index (χ0v) is 11.4. The van der Waals surface area contributed by atoms with Crippen molar-refractivity contribution < 1.29 is 0 Å². The molecule has 0 aromatic heterocycles. The van der Waals surface area contributed by atoms with E-state index in [1.165, 1.54) is 11.1 Å². The summed E-state index contributed by atoms with van der Waals surface area (Å²) in [6.45, 7) is 9.80. The maximum Gasteiger partial charge on any atom is 0.0387 e. The van der Waals surface area contributed by atoms with Crippen LogP contribution in [0.2, 0.25) is 0 Å². The first-order valence-corrected chi connectivity index (χ1v) is 6.34. The number of anilines is 1. The Balaban J connectivity index is 0.000000771. The SMILES string of the molecule is C=C(C)Nc1cccc(-c2ccccc2)c1.CC. The Morgan fingerprint density at radius 1 is 0.889 bits per heavy atom. The van der Waals surface area contributed by atoms with Crippen LogP contribution in [0.3, 0.4) is 0 Å². The molecular formula is C17H21N. The van der Waals surface area contributed by atoms with Crippen LogP contribution in [-0.2, 0) is 0 Å². The molecule has 0 saturated carbocycles. The van der Waals surface area contributed by atoms with Gasteiger partial charge in [0.1, 0.15) is 0 Å². The highest BCUT2D eigenvalue weighted by Crippen LogP contribution is 2.22. The number of nitrogens with one attached hydrogen (secondary N) is 1. The fourth-order valence-electron chi connectivity index (χ4n) is 1.65. The third-order valence-electron chi connectivity index (χ3n) is 2.33. The number of rotatable bonds is 3. The number of hydrogen-bond acceptors (Lipinski definition) is 1. The summed E-state index contributed by atoms with van der Waals surface area (Å²) in [5.41, 5.74) is 4.47. The maximum absolute atomic E-state index is 3.84. The third-order valence-corrected chi connectivity index (χ3v) is 2.33. The van der Waals surface area contributed by atoms with Gasteiger partial charge in [0.05, 0.1) is 0 Å². The summed E-state index contributed by atoms with van der Waals surface area (Å²) in [7, 11) is 0. The Hall–Kier alpha value is -2.02. The van der Waals surface area contributed by atoms with Crippen LogP contribution in [0.5, 0.6) is 0 Å². The molecule has 0 spiro atoms. The molecule has 2 aromatic carbocycles. The van der Waals surface area contributed by atoms with Gasteiger partial charge in [0.15, 0.2) is 0 Å². The second kappa shape index (κ2) is 7.33. The fourth-order valence-corrected chi connectivity index (χ4v) is 1.65. The molecule has 2 rings (SSSR count). The van der Waals surface area contributed by atoms with E-state index in [4.69, 9.17) is 0 Å². The first-order chi connectivity index (χ1) is 8.75. The summed E-state index contributed by atoms with van der Waals surface area (Å²) in [4.78, 5) is 0. The van der Waals surface area contributed by atoms with Crippen molar-refractivity contribution in [1.29, 1.82) is 0 Å². The van der Waals surface area contributed by atoms with Gasteiger partial charge < -0.3 is 5.32 Å². The van der Waals surface area contributed by atoms with E-state index in [2.05, 4.69) is 36.2 Å². The molecule has 2 aromatic rings. The molecule has 0 atom stereocenters. The number of hydrogen-bond donors (Lipinski definition) is 1. The fraction of sp³-hybridized carbons (Fsp3) is 0.176. The van der Waals surface area contributed by atoms with E-state index in [-0.39, 0.29) is 0 Å². The quantitative estimate of drug-likeness (QED) is 0.763. The zero-order valence-electron chi connectivity index (χ0n) is 11.4. The first kappa shape index (κ1) is 14.0. The van der Waals surface area contributed by atoms with Gasteiger partial charge in [-0.25, -0.2) is 0 Å². The molecule has 0 aliphatic carbocycles. The Morgan fingerprint density at radius 2 is 1.50 bits per heavy atom. The highest BCUT2D eigenvalue weighted by molar-refractivity contribution is 5.68. The van der Waals surface area contributed by atoms with Crippen molar-refractivity contribution in [2.24, 2.45) is 0 Å². The average Bonchev–Trinajstić information content (AvgIpc) is 2.42. The van der Waals surface area contributed by atoms with Crippen LogP contribution in [0.4, 0.5) is 5.69 Å². The van der Waals surface area contributed by atoms with Gasteiger partial charge in [-0.1, -0.05) is 62.9 Å². The van der Waals surface area contributed by atoms with Gasteiger partial charge in [-0.05, 0) is 30.2 Å². The van der Waals surface area contributed by atoms with Crippen LogP contribution in [0, 0.1) is 0 Å². The van der Waals surface area contributed by atoms with Crippen molar-refractivity contribution in [1.82, 2.24) is 0 Å². The maximum atomic E-state index is 3.84. The Bertz CT molecular complexity index is 486. The third kappa shape index (κ3) is 4.10. The summed E-state index contributed by atoms with van der Waals surface area (Å²) in [5.74, 6) is 0. The van der Waals surface area contributed by atoms with Crippen LogP contribution in [-0.4, -0.2) is 0 Å². The molecule has 1 nitrogen and oxygen atoms in total. The van der Waals surface area contributed by atoms with E-state index in [9.17, 15) is 0 Å². The smallest absolute Gasteiger partial charge is 0.0387 e. The topological polar surface area (TPSA) is 12.0 Å². The Labute approximate surface area is 110 Å². The van der Waals surface area contributed by atoms with Gasteiger partial charge in [0, 0.05) is 11.4 Å². The van der Waals surface area contributed by atoms with Crippen molar-refractivity contribution in [3.63, 3.8) is 0 Å². The van der Waals surface area contributed by atoms with Gasteiger partial charge >= 0.3 is 0 Å². The van der Waals surface area contributed by atoms with Crippen LogP contribution in [0.25, 0.3) is 11.1 Å². The van der Waals surface area contributed by atoms with Gasteiger partial charge in [0.2, 0.25) is 0 Å². The monoisotopic (exact) mass is 239 g/mol. The summed E-state index contributed by atoms with van der Waals surface area (Å²) in [5, 5.41) is 3.22. The molecule has 0 aliphatic heterocycles. The highest BCUT2D eigenvalue weighted by Gasteiger charge is 1.97. The van der Waals surface area contributed by atoms with E-state index in [0.29, 0.717) is 0 Å². The largest absolute Gasteiger partial charge is 0.360 e. The highest BCUT2D eigenvalue weighted by atomic mass is 14.9. The minimum absolute atomic E-state index is 0.949. The molecule has 0 saturated heterocycles. The molecular weight excluding hydrogens is 218 g/mol. The second-order valence-corrected chi connectivity index (χ2v) is 3.85. The predicted molar refractivity (Wildman–Crippen MR) is 81.7 cm³/mol. The normalized spacial score (nSPS) is 9.06. The molecule has 0 heterocycles. The van der Waals surface area contributed by atoms with E-state index in [0.717, 1.165) is 11.4 Å². The van der Waals surface area contributed by atoms with Crippen molar-refractivity contribution >= 4 is 5.69 Å². The summed E-state index contributed by atoms with van der Waals surface area (Å²) >= 11 is 0. The van der Waals surface area contributed by atoms with Gasteiger partial charge in [-0.3, -0.25) is 0 Å². The van der Waals surface area contributed by atoms with E-state index in [1.54, 1.807) is 0 Å². The Kier molecular flexibility index (Phi) is 5.72. The van der Waals surface area contributed by atoms with Crippen molar-refractivity contribution in [3.05, 3.63) is 66.9 Å². The molecule has 0 aliphatic rings. The van der Waals surface area contributed by atoms with E-state index >= 15 is 0 Å². The molecule has 1 heteroatoms. The zero-order chi connectivity index (χ0) is 13.4. The number of allylic oxidation sites excluding steroid dienone is 1. The van der Waals surface area contributed by atoms with E-state index < -0.39 is 0 Å². The molecule has 18 heavy (non-hydrogen) atoms. The summed E-state index contributed by atoms with van der Waals surface area (Å²) < 4.78 is 0. The molecule has 0 bridgehead atoms. The minimum atomic E-state index is 0.949. The van der Waals surface area contributed by atoms with E-state index in [1.807, 2.05) is 51.1 Å². The van der Waals surface area contributed by atoms with Crippen molar-refractivity contribution in [2.75, 3.05) is 5.32 Å². The van der Waals surface area contributed by atoms with Crippen LogP contribution < -0.4 is 5.32 Å². The van der Waals surface area contributed by atoms with Gasteiger partial charge in [0.25, 0.3) is 0 Å². The van der Waals surface area contributed by atoms with Gasteiger partial charge in [-0.2, -0.15) is 0 Å². The lowest BCUT2D eigenvalue weighted by Gasteiger charge is -2.07.